The van der Waals surface area contributed by atoms with E-state index in [2.05, 4.69) is 56.7 Å². The molecule has 31 heavy (non-hydrogen) atoms. The van der Waals surface area contributed by atoms with E-state index in [1.807, 2.05) is 6.07 Å². The van der Waals surface area contributed by atoms with Crippen LogP contribution in [0.5, 0.6) is 0 Å². The van der Waals surface area contributed by atoms with Gasteiger partial charge in [0.25, 0.3) is 0 Å². The van der Waals surface area contributed by atoms with Crippen molar-refractivity contribution in [3.8, 4) is 11.3 Å². The van der Waals surface area contributed by atoms with Gasteiger partial charge >= 0.3 is 0 Å². The van der Waals surface area contributed by atoms with Crippen LogP contribution in [0.2, 0.25) is 0 Å². The molecule has 1 unspecified atom stereocenters. The number of pyridine rings is 1. The smallest absolute Gasteiger partial charge is 0.155 e. The minimum absolute atomic E-state index is 0.0822. The number of aromatic nitrogens is 3. The van der Waals surface area contributed by atoms with E-state index < -0.39 is 0 Å². The van der Waals surface area contributed by atoms with Crippen LogP contribution in [-0.4, -0.2) is 73.1 Å². The highest BCUT2D eigenvalue weighted by atomic mass is 16.5. The van der Waals surface area contributed by atoms with E-state index in [0.717, 1.165) is 74.1 Å². The summed E-state index contributed by atoms with van der Waals surface area (Å²) in [6.07, 6.45) is 3.50. The average molecular weight is 421 g/mol. The Morgan fingerprint density at radius 2 is 1.90 bits per heavy atom. The normalized spacial score (nSPS) is 20.5. The number of hydrogen-bond donors (Lipinski definition) is 2. The number of rotatable bonds is 5. The van der Waals surface area contributed by atoms with Crippen LogP contribution >= 0.6 is 0 Å². The number of benzene rings is 1. The molecule has 4 heterocycles. The van der Waals surface area contributed by atoms with E-state index in [1.54, 1.807) is 12.4 Å². The Hall–Kier alpha value is -2.81. The molecule has 8 heteroatoms. The molecular formula is C23H28N6O2. The van der Waals surface area contributed by atoms with Gasteiger partial charge in [-0.25, -0.2) is 9.97 Å². The van der Waals surface area contributed by atoms with Gasteiger partial charge in [0.05, 0.1) is 43.2 Å². The number of hydrogen-bond acceptors (Lipinski definition) is 8. The van der Waals surface area contributed by atoms with Crippen LogP contribution in [0, 0.1) is 0 Å². The summed E-state index contributed by atoms with van der Waals surface area (Å²) in [5.41, 5.74) is 4.73. The van der Waals surface area contributed by atoms with E-state index in [0.29, 0.717) is 0 Å². The topological polar surface area (TPSA) is 84.4 Å². The summed E-state index contributed by atoms with van der Waals surface area (Å²) in [4.78, 5) is 16.3. The minimum Gasteiger partial charge on any atom is -0.378 e. The molecule has 2 N–H and O–H groups in total. The molecule has 0 bridgehead atoms. The third kappa shape index (κ3) is 4.46. The van der Waals surface area contributed by atoms with Crippen LogP contribution in [-0.2, 0) is 9.47 Å². The van der Waals surface area contributed by atoms with Crippen molar-refractivity contribution in [3.63, 3.8) is 0 Å². The van der Waals surface area contributed by atoms with Crippen molar-refractivity contribution >= 4 is 22.5 Å². The van der Waals surface area contributed by atoms with Gasteiger partial charge < -0.3 is 25.0 Å². The van der Waals surface area contributed by atoms with Gasteiger partial charge in [0.2, 0.25) is 0 Å². The third-order valence-corrected chi connectivity index (χ3v) is 5.87. The van der Waals surface area contributed by atoms with E-state index in [-0.39, 0.29) is 12.1 Å². The van der Waals surface area contributed by atoms with Crippen LogP contribution in [0.3, 0.4) is 0 Å². The SMILES string of the molecule is CC(Nc1nc(-c2ccc(N3CCOCC3)cc2)cc2nccnc12)[C@H]1CNCCO1. The Balaban J connectivity index is 1.43. The van der Waals surface area contributed by atoms with Gasteiger partial charge in [-0.05, 0) is 25.1 Å². The molecule has 0 radical (unpaired) electrons. The van der Waals surface area contributed by atoms with Crippen molar-refractivity contribution in [3.05, 3.63) is 42.7 Å². The maximum absolute atomic E-state index is 5.91. The molecule has 2 aliphatic heterocycles. The van der Waals surface area contributed by atoms with Gasteiger partial charge in [-0.3, -0.25) is 4.98 Å². The molecule has 2 aliphatic rings. The summed E-state index contributed by atoms with van der Waals surface area (Å²) in [7, 11) is 0. The van der Waals surface area contributed by atoms with E-state index in [4.69, 9.17) is 14.5 Å². The first kappa shape index (κ1) is 20.1. The number of nitrogens with zero attached hydrogens (tertiary/aromatic N) is 4. The molecule has 5 rings (SSSR count). The molecule has 2 saturated heterocycles. The van der Waals surface area contributed by atoms with Crippen molar-refractivity contribution in [1.29, 1.82) is 0 Å². The Bertz CT molecular complexity index is 1020. The maximum Gasteiger partial charge on any atom is 0.155 e. The van der Waals surface area contributed by atoms with Gasteiger partial charge in [-0.2, -0.15) is 0 Å². The predicted octanol–water partition coefficient (Wildman–Crippen LogP) is 2.32. The molecule has 162 valence electrons. The van der Waals surface area contributed by atoms with Crippen molar-refractivity contribution < 1.29 is 9.47 Å². The Morgan fingerprint density at radius 3 is 2.68 bits per heavy atom. The molecular weight excluding hydrogens is 392 g/mol. The zero-order chi connectivity index (χ0) is 21.0. The largest absolute Gasteiger partial charge is 0.378 e. The molecule has 1 aromatic carbocycles. The second-order valence-corrected chi connectivity index (χ2v) is 7.97. The van der Waals surface area contributed by atoms with Crippen molar-refractivity contribution in [2.24, 2.45) is 0 Å². The van der Waals surface area contributed by atoms with Gasteiger partial charge in [-0.1, -0.05) is 12.1 Å². The van der Waals surface area contributed by atoms with E-state index in [9.17, 15) is 0 Å². The lowest BCUT2D eigenvalue weighted by Crippen LogP contribution is -2.46. The Morgan fingerprint density at radius 1 is 1.10 bits per heavy atom. The van der Waals surface area contributed by atoms with Crippen LogP contribution < -0.4 is 15.5 Å². The predicted molar refractivity (Wildman–Crippen MR) is 121 cm³/mol. The van der Waals surface area contributed by atoms with Gasteiger partial charge in [0, 0.05) is 49.8 Å². The first-order chi connectivity index (χ1) is 15.3. The Kier molecular flexibility index (Phi) is 5.93. The third-order valence-electron chi connectivity index (χ3n) is 5.87. The molecule has 0 saturated carbocycles. The summed E-state index contributed by atoms with van der Waals surface area (Å²) in [6.45, 7) is 7.96. The summed E-state index contributed by atoms with van der Waals surface area (Å²) >= 11 is 0. The molecule has 8 nitrogen and oxygen atoms in total. The van der Waals surface area contributed by atoms with Crippen molar-refractivity contribution in [2.75, 3.05) is 56.2 Å². The fourth-order valence-electron chi connectivity index (χ4n) is 4.10. The quantitative estimate of drug-likeness (QED) is 0.651. The Labute approximate surface area is 182 Å². The minimum atomic E-state index is 0.0822. The summed E-state index contributed by atoms with van der Waals surface area (Å²) in [5.74, 6) is 0.736. The number of ether oxygens (including phenoxy) is 2. The molecule has 2 aromatic heterocycles. The number of fused-ring (bicyclic) bond motifs is 1. The van der Waals surface area contributed by atoms with Gasteiger partial charge in [-0.15, -0.1) is 0 Å². The van der Waals surface area contributed by atoms with Crippen LogP contribution in [0.15, 0.2) is 42.7 Å². The highest BCUT2D eigenvalue weighted by Gasteiger charge is 2.22. The second kappa shape index (κ2) is 9.13. The lowest BCUT2D eigenvalue weighted by molar-refractivity contribution is 0.0201. The first-order valence-corrected chi connectivity index (χ1v) is 10.9. The van der Waals surface area contributed by atoms with E-state index in [1.165, 1.54) is 5.69 Å². The van der Waals surface area contributed by atoms with Gasteiger partial charge in [0.15, 0.2) is 5.82 Å². The lowest BCUT2D eigenvalue weighted by atomic mass is 10.1. The van der Waals surface area contributed by atoms with Crippen molar-refractivity contribution in [2.45, 2.75) is 19.1 Å². The highest BCUT2D eigenvalue weighted by Crippen LogP contribution is 2.28. The average Bonchev–Trinajstić information content (AvgIpc) is 2.85. The lowest BCUT2D eigenvalue weighted by Gasteiger charge is -2.30. The molecule has 3 aromatic rings. The molecule has 0 aliphatic carbocycles. The highest BCUT2D eigenvalue weighted by molar-refractivity contribution is 5.88. The summed E-state index contributed by atoms with van der Waals surface area (Å²) in [5, 5.41) is 6.91. The zero-order valence-electron chi connectivity index (χ0n) is 17.8. The number of morpholine rings is 2. The number of anilines is 2. The molecule has 2 atom stereocenters. The summed E-state index contributed by atoms with van der Waals surface area (Å²) in [6, 6.07) is 10.6. The molecule has 0 amide bonds. The monoisotopic (exact) mass is 420 g/mol. The molecule has 2 fully saturated rings. The summed E-state index contributed by atoms with van der Waals surface area (Å²) < 4.78 is 11.4. The fourth-order valence-corrected chi connectivity index (χ4v) is 4.10. The standard InChI is InChI=1S/C23H28N6O2/c1-16(21-15-24-8-11-31-21)27-23-22-20(25-6-7-26-22)14-19(28-23)17-2-4-18(5-3-17)29-9-12-30-13-10-29/h2-7,14,16,21,24H,8-13,15H2,1H3,(H,27,28)/t16?,21-/m1/s1. The molecule has 0 spiro atoms. The second-order valence-electron chi connectivity index (χ2n) is 7.97. The fraction of sp³-hybridized carbons (Fsp3) is 0.435. The first-order valence-electron chi connectivity index (χ1n) is 10.9. The van der Waals surface area contributed by atoms with E-state index >= 15 is 0 Å². The van der Waals surface area contributed by atoms with Crippen LogP contribution in [0.25, 0.3) is 22.3 Å². The zero-order valence-corrected chi connectivity index (χ0v) is 17.8. The van der Waals surface area contributed by atoms with Crippen molar-refractivity contribution in [1.82, 2.24) is 20.3 Å². The van der Waals surface area contributed by atoms with Crippen LogP contribution in [0.1, 0.15) is 6.92 Å². The van der Waals surface area contributed by atoms with Crippen LogP contribution in [0.4, 0.5) is 11.5 Å². The van der Waals surface area contributed by atoms with Gasteiger partial charge in [0.1, 0.15) is 5.52 Å². The number of nitrogens with one attached hydrogen (secondary N) is 2. The maximum atomic E-state index is 5.91.